The maximum Gasteiger partial charge on any atom is 0.194 e. The zero-order chi connectivity index (χ0) is 21.5. The van der Waals surface area contributed by atoms with Crippen molar-refractivity contribution in [1.29, 1.82) is 0 Å². The normalized spacial score (nSPS) is 18.3. The van der Waals surface area contributed by atoms with Gasteiger partial charge in [-0.05, 0) is 23.3 Å². The van der Waals surface area contributed by atoms with Crippen LogP contribution in [0.3, 0.4) is 0 Å². The minimum absolute atomic E-state index is 0.157. The van der Waals surface area contributed by atoms with Crippen LogP contribution >= 0.6 is 0 Å². The Hall–Kier alpha value is -2.64. The molecule has 2 aromatic carbocycles. The fourth-order valence-corrected chi connectivity index (χ4v) is 4.24. The first-order valence-corrected chi connectivity index (χ1v) is 11.1. The van der Waals surface area contributed by atoms with Gasteiger partial charge in [0.25, 0.3) is 0 Å². The van der Waals surface area contributed by atoms with Gasteiger partial charge < -0.3 is 19.9 Å². The molecule has 2 heterocycles. The Labute approximate surface area is 184 Å². The maximum atomic E-state index is 14.1. The summed E-state index contributed by atoms with van der Waals surface area (Å²) in [4.78, 5) is 11.3. The van der Waals surface area contributed by atoms with Gasteiger partial charge in [0.1, 0.15) is 5.82 Å². The first kappa shape index (κ1) is 21.6. The van der Waals surface area contributed by atoms with Gasteiger partial charge in [0, 0.05) is 59.4 Å². The average Bonchev–Trinajstić information content (AvgIpc) is 2.81. The summed E-state index contributed by atoms with van der Waals surface area (Å²) in [5, 5.41) is 3.50. The van der Waals surface area contributed by atoms with Gasteiger partial charge in [-0.3, -0.25) is 9.89 Å². The molecule has 2 fully saturated rings. The molecule has 2 aliphatic rings. The summed E-state index contributed by atoms with van der Waals surface area (Å²) in [6, 6.07) is 15.7. The number of para-hydroxylation sites is 1. The number of anilines is 1. The number of hydrogen-bond donors (Lipinski definition) is 1. The quantitative estimate of drug-likeness (QED) is 0.589. The first-order chi connectivity index (χ1) is 15.2. The molecule has 0 bridgehead atoms. The van der Waals surface area contributed by atoms with Gasteiger partial charge in [0.2, 0.25) is 0 Å². The average molecular weight is 426 g/mol. The van der Waals surface area contributed by atoms with Crippen molar-refractivity contribution in [2.75, 3.05) is 64.4 Å². The number of ether oxygens (including phenoxy) is 1. The van der Waals surface area contributed by atoms with E-state index in [2.05, 4.69) is 49.3 Å². The Balaban J connectivity index is 1.29. The van der Waals surface area contributed by atoms with Gasteiger partial charge in [0.05, 0.1) is 18.9 Å². The van der Waals surface area contributed by atoms with Crippen molar-refractivity contribution in [1.82, 2.24) is 15.1 Å². The third-order valence-corrected chi connectivity index (χ3v) is 5.94. The molecule has 0 saturated carbocycles. The third-order valence-electron chi connectivity index (χ3n) is 5.94. The van der Waals surface area contributed by atoms with Crippen molar-refractivity contribution >= 4 is 11.6 Å². The standard InChI is InChI=1S/C24H32FN5O/c1-26-24(30-11-9-29(10-12-30)23-8-3-2-7-22(23)25)27-18-20-5-4-6-21(17-20)19-28-13-15-31-16-14-28/h2-8,17H,9-16,18-19H2,1H3,(H,26,27). The van der Waals surface area contributed by atoms with Gasteiger partial charge in [-0.15, -0.1) is 0 Å². The number of piperazine rings is 1. The van der Waals surface area contributed by atoms with Crippen LogP contribution in [0.5, 0.6) is 0 Å². The Bertz CT molecular complexity index is 876. The van der Waals surface area contributed by atoms with Crippen LogP contribution in [0.4, 0.5) is 10.1 Å². The summed E-state index contributed by atoms with van der Waals surface area (Å²) in [7, 11) is 1.82. The predicted molar refractivity (Wildman–Crippen MR) is 123 cm³/mol. The van der Waals surface area contributed by atoms with Crippen LogP contribution in [-0.4, -0.2) is 75.3 Å². The highest BCUT2D eigenvalue weighted by Crippen LogP contribution is 2.20. The summed E-state index contributed by atoms with van der Waals surface area (Å²) in [5.74, 6) is 0.738. The maximum absolute atomic E-state index is 14.1. The summed E-state index contributed by atoms with van der Waals surface area (Å²) in [6.45, 7) is 8.50. The predicted octanol–water partition coefficient (Wildman–Crippen LogP) is 2.56. The molecule has 4 rings (SSSR count). The number of nitrogens with one attached hydrogen (secondary N) is 1. The van der Waals surface area contributed by atoms with Crippen LogP contribution in [0.1, 0.15) is 11.1 Å². The van der Waals surface area contributed by atoms with Crippen LogP contribution in [-0.2, 0) is 17.8 Å². The molecule has 166 valence electrons. The van der Waals surface area contributed by atoms with Crippen LogP contribution in [0.15, 0.2) is 53.5 Å². The van der Waals surface area contributed by atoms with Gasteiger partial charge in [0.15, 0.2) is 5.96 Å². The number of hydrogen-bond acceptors (Lipinski definition) is 4. The lowest BCUT2D eigenvalue weighted by Gasteiger charge is -2.37. The molecule has 1 N–H and O–H groups in total. The van der Waals surface area contributed by atoms with E-state index in [1.54, 1.807) is 6.07 Å². The summed E-state index contributed by atoms with van der Waals surface area (Å²) >= 11 is 0. The second-order valence-electron chi connectivity index (χ2n) is 8.03. The Morgan fingerprint density at radius 1 is 0.968 bits per heavy atom. The lowest BCUT2D eigenvalue weighted by Crippen LogP contribution is -2.52. The lowest BCUT2D eigenvalue weighted by molar-refractivity contribution is 0.0342. The Kier molecular flexibility index (Phi) is 7.38. The van der Waals surface area contributed by atoms with Gasteiger partial charge in [-0.1, -0.05) is 36.4 Å². The lowest BCUT2D eigenvalue weighted by atomic mass is 10.1. The van der Waals surface area contributed by atoms with Crippen LogP contribution in [0, 0.1) is 5.82 Å². The number of halogens is 1. The molecule has 0 atom stereocenters. The molecular weight excluding hydrogens is 393 g/mol. The molecule has 0 aliphatic carbocycles. The zero-order valence-electron chi connectivity index (χ0n) is 18.3. The number of benzene rings is 2. The summed E-state index contributed by atoms with van der Waals surface area (Å²) in [6.07, 6.45) is 0. The highest BCUT2D eigenvalue weighted by molar-refractivity contribution is 5.80. The van der Waals surface area contributed by atoms with E-state index in [1.807, 2.05) is 19.2 Å². The molecule has 2 aromatic rings. The van der Waals surface area contributed by atoms with E-state index < -0.39 is 0 Å². The zero-order valence-corrected chi connectivity index (χ0v) is 18.3. The topological polar surface area (TPSA) is 43.3 Å². The monoisotopic (exact) mass is 425 g/mol. The molecule has 0 spiro atoms. The molecule has 2 saturated heterocycles. The molecule has 31 heavy (non-hydrogen) atoms. The van der Waals surface area contributed by atoms with Gasteiger partial charge in [-0.25, -0.2) is 4.39 Å². The molecule has 7 heteroatoms. The van der Waals surface area contributed by atoms with E-state index in [0.717, 1.165) is 71.5 Å². The molecule has 0 radical (unpaired) electrons. The third kappa shape index (κ3) is 5.74. The smallest absolute Gasteiger partial charge is 0.194 e. The first-order valence-electron chi connectivity index (χ1n) is 11.1. The molecule has 0 aromatic heterocycles. The van der Waals surface area contributed by atoms with E-state index in [4.69, 9.17) is 4.74 Å². The van der Waals surface area contributed by atoms with Crippen LogP contribution < -0.4 is 10.2 Å². The van der Waals surface area contributed by atoms with E-state index in [-0.39, 0.29) is 5.82 Å². The Morgan fingerprint density at radius 2 is 1.71 bits per heavy atom. The second-order valence-corrected chi connectivity index (χ2v) is 8.03. The summed E-state index contributed by atoms with van der Waals surface area (Å²) < 4.78 is 19.5. The van der Waals surface area contributed by atoms with E-state index in [0.29, 0.717) is 5.69 Å². The summed E-state index contributed by atoms with van der Waals surface area (Å²) in [5.41, 5.74) is 3.26. The number of aliphatic imine (C=N–C) groups is 1. The number of rotatable bonds is 5. The van der Waals surface area contributed by atoms with Crippen molar-refractivity contribution < 1.29 is 9.13 Å². The largest absolute Gasteiger partial charge is 0.379 e. The molecule has 0 amide bonds. The van der Waals surface area contributed by atoms with Gasteiger partial charge >= 0.3 is 0 Å². The van der Waals surface area contributed by atoms with Crippen LogP contribution in [0.25, 0.3) is 0 Å². The van der Waals surface area contributed by atoms with E-state index in [1.165, 1.54) is 17.2 Å². The van der Waals surface area contributed by atoms with Crippen molar-refractivity contribution in [3.05, 3.63) is 65.5 Å². The van der Waals surface area contributed by atoms with Crippen LogP contribution in [0.2, 0.25) is 0 Å². The molecule has 6 nitrogen and oxygen atoms in total. The van der Waals surface area contributed by atoms with Crippen molar-refractivity contribution in [3.8, 4) is 0 Å². The van der Waals surface area contributed by atoms with Crippen molar-refractivity contribution in [2.24, 2.45) is 4.99 Å². The fourth-order valence-electron chi connectivity index (χ4n) is 4.24. The Morgan fingerprint density at radius 3 is 2.45 bits per heavy atom. The molecule has 0 unspecified atom stereocenters. The SMILES string of the molecule is CN=C(NCc1cccc(CN2CCOCC2)c1)N1CCN(c2ccccc2F)CC1. The minimum Gasteiger partial charge on any atom is -0.379 e. The highest BCUT2D eigenvalue weighted by Gasteiger charge is 2.21. The van der Waals surface area contributed by atoms with E-state index in [9.17, 15) is 4.39 Å². The molecular formula is C24H32FN5O. The number of nitrogens with zero attached hydrogens (tertiary/aromatic N) is 4. The van der Waals surface area contributed by atoms with Crippen molar-refractivity contribution in [2.45, 2.75) is 13.1 Å². The number of guanidine groups is 1. The fraction of sp³-hybridized carbons (Fsp3) is 0.458. The van der Waals surface area contributed by atoms with E-state index >= 15 is 0 Å². The van der Waals surface area contributed by atoms with Crippen molar-refractivity contribution in [3.63, 3.8) is 0 Å². The molecule has 2 aliphatic heterocycles. The highest BCUT2D eigenvalue weighted by atomic mass is 19.1. The minimum atomic E-state index is -0.157. The van der Waals surface area contributed by atoms with Gasteiger partial charge in [-0.2, -0.15) is 0 Å². The second kappa shape index (κ2) is 10.6. The number of morpholine rings is 1.